The monoisotopic (exact) mass is 268 g/mol. The van der Waals surface area contributed by atoms with E-state index in [1.54, 1.807) is 0 Å². The van der Waals surface area contributed by atoms with Gasteiger partial charge in [-0.05, 0) is 17.7 Å². The zero-order valence-electron chi connectivity index (χ0n) is 8.25. The van der Waals surface area contributed by atoms with Crippen molar-refractivity contribution in [1.29, 1.82) is 0 Å². The summed E-state index contributed by atoms with van der Waals surface area (Å²) in [5.74, 6) is -5.22. The van der Waals surface area contributed by atoms with Gasteiger partial charge in [0.25, 0.3) is 5.79 Å². The SMILES string of the molecule is Nc1cc(C(F)(F)Cl)ccc1C(N)(F)C(=O)O. The van der Waals surface area contributed by atoms with Gasteiger partial charge in [-0.3, -0.25) is 5.73 Å². The van der Waals surface area contributed by atoms with Gasteiger partial charge in [0.1, 0.15) is 0 Å². The molecule has 0 aliphatic rings. The lowest BCUT2D eigenvalue weighted by Gasteiger charge is -2.18. The summed E-state index contributed by atoms with van der Waals surface area (Å²) in [6.45, 7) is 0. The number of hydrogen-bond donors (Lipinski definition) is 3. The lowest BCUT2D eigenvalue weighted by atomic mass is 10.0. The van der Waals surface area contributed by atoms with E-state index in [1.807, 2.05) is 0 Å². The number of benzene rings is 1. The molecular weight excluding hydrogens is 261 g/mol. The molecule has 1 rings (SSSR count). The quantitative estimate of drug-likeness (QED) is 0.442. The second-order valence-corrected chi connectivity index (χ2v) is 3.79. The first kappa shape index (κ1) is 13.6. The normalized spacial score (nSPS) is 15.4. The van der Waals surface area contributed by atoms with E-state index >= 15 is 0 Å². The van der Waals surface area contributed by atoms with Crippen LogP contribution in [0, 0.1) is 0 Å². The van der Waals surface area contributed by atoms with Gasteiger partial charge >= 0.3 is 11.4 Å². The molecule has 0 heterocycles. The zero-order valence-corrected chi connectivity index (χ0v) is 9.01. The van der Waals surface area contributed by atoms with Gasteiger partial charge in [0.15, 0.2) is 0 Å². The molecule has 17 heavy (non-hydrogen) atoms. The topological polar surface area (TPSA) is 89.3 Å². The summed E-state index contributed by atoms with van der Waals surface area (Å²) in [7, 11) is 0. The number of nitrogen functional groups attached to an aromatic ring is 1. The molecular formula is C9H8ClF3N2O2. The van der Waals surface area contributed by atoms with Gasteiger partial charge in [-0.2, -0.15) is 8.78 Å². The van der Waals surface area contributed by atoms with Crippen LogP contribution in [-0.4, -0.2) is 11.1 Å². The Kier molecular flexibility index (Phi) is 3.26. The van der Waals surface area contributed by atoms with Crippen LogP contribution in [0.4, 0.5) is 18.9 Å². The van der Waals surface area contributed by atoms with Crippen molar-refractivity contribution in [2.24, 2.45) is 5.73 Å². The number of nitrogens with two attached hydrogens (primary N) is 2. The lowest BCUT2D eigenvalue weighted by molar-refractivity contribution is -0.151. The minimum absolute atomic E-state index is 0.518. The van der Waals surface area contributed by atoms with Crippen LogP contribution in [0.3, 0.4) is 0 Å². The van der Waals surface area contributed by atoms with Gasteiger partial charge in [-0.15, -0.1) is 0 Å². The maximum Gasteiger partial charge on any atom is 0.361 e. The van der Waals surface area contributed by atoms with Crippen molar-refractivity contribution >= 4 is 23.3 Å². The van der Waals surface area contributed by atoms with Gasteiger partial charge in [0.05, 0.1) is 0 Å². The largest absolute Gasteiger partial charge is 0.478 e. The number of carboxylic acid groups (broad SMARTS) is 1. The first-order valence-electron chi connectivity index (χ1n) is 4.25. The highest BCUT2D eigenvalue weighted by molar-refractivity contribution is 6.21. The van der Waals surface area contributed by atoms with E-state index < -0.39 is 34.0 Å². The van der Waals surface area contributed by atoms with Crippen molar-refractivity contribution in [2.75, 3.05) is 5.73 Å². The molecule has 5 N–H and O–H groups in total. The van der Waals surface area contributed by atoms with Crippen LogP contribution in [0.1, 0.15) is 11.1 Å². The van der Waals surface area contributed by atoms with Crippen LogP contribution in [0.2, 0.25) is 0 Å². The van der Waals surface area contributed by atoms with Crippen LogP contribution >= 0.6 is 11.6 Å². The van der Waals surface area contributed by atoms with Crippen molar-refractivity contribution in [3.8, 4) is 0 Å². The van der Waals surface area contributed by atoms with Crippen LogP contribution in [-0.2, 0) is 16.0 Å². The number of carboxylic acids is 1. The number of anilines is 1. The molecule has 0 aliphatic heterocycles. The molecule has 1 aromatic carbocycles. The van der Waals surface area contributed by atoms with Crippen molar-refractivity contribution < 1.29 is 23.1 Å². The van der Waals surface area contributed by atoms with Gasteiger partial charge < -0.3 is 10.8 Å². The molecule has 1 aromatic rings. The Labute approximate surface area is 99.0 Å². The predicted molar refractivity (Wildman–Crippen MR) is 55.2 cm³/mol. The highest BCUT2D eigenvalue weighted by atomic mass is 35.5. The molecule has 1 atom stereocenters. The van der Waals surface area contributed by atoms with Crippen molar-refractivity contribution in [3.63, 3.8) is 0 Å². The van der Waals surface area contributed by atoms with Gasteiger partial charge in [0, 0.05) is 16.8 Å². The fourth-order valence-electron chi connectivity index (χ4n) is 1.19. The third-order valence-electron chi connectivity index (χ3n) is 2.08. The molecule has 0 radical (unpaired) electrons. The Bertz CT molecular complexity index is 460. The number of aliphatic carboxylic acids is 1. The molecule has 0 bridgehead atoms. The summed E-state index contributed by atoms with van der Waals surface area (Å²) in [6.07, 6.45) is 0. The Morgan fingerprint density at radius 3 is 2.24 bits per heavy atom. The van der Waals surface area contributed by atoms with E-state index in [4.69, 9.17) is 28.2 Å². The maximum atomic E-state index is 13.5. The van der Waals surface area contributed by atoms with E-state index in [1.165, 1.54) is 0 Å². The van der Waals surface area contributed by atoms with Gasteiger partial charge in [-0.1, -0.05) is 12.1 Å². The first-order chi connectivity index (χ1) is 7.56. The van der Waals surface area contributed by atoms with Gasteiger partial charge in [0.2, 0.25) is 0 Å². The molecule has 0 spiro atoms. The van der Waals surface area contributed by atoms with E-state index in [0.717, 1.165) is 12.1 Å². The Balaban J connectivity index is 3.29. The fraction of sp³-hybridized carbons (Fsp3) is 0.222. The number of halogens is 4. The second kappa shape index (κ2) is 4.08. The number of rotatable bonds is 3. The smallest absolute Gasteiger partial charge is 0.361 e. The highest BCUT2D eigenvalue weighted by Gasteiger charge is 2.39. The molecule has 8 heteroatoms. The minimum Gasteiger partial charge on any atom is -0.478 e. The maximum absolute atomic E-state index is 13.5. The molecule has 0 saturated heterocycles. The highest BCUT2D eigenvalue weighted by Crippen LogP contribution is 2.36. The molecule has 0 amide bonds. The van der Waals surface area contributed by atoms with Gasteiger partial charge in [-0.25, -0.2) is 9.18 Å². The summed E-state index contributed by atoms with van der Waals surface area (Å²) >= 11 is 4.73. The molecule has 4 nitrogen and oxygen atoms in total. The number of carbonyl (C=O) groups is 1. The second-order valence-electron chi connectivity index (χ2n) is 3.32. The average Bonchev–Trinajstić information content (AvgIpc) is 2.15. The summed E-state index contributed by atoms with van der Waals surface area (Å²) in [4.78, 5) is 10.5. The summed E-state index contributed by atoms with van der Waals surface area (Å²) in [5.41, 5.74) is 8.33. The van der Waals surface area contributed by atoms with Crippen LogP contribution < -0.4 is 11.5 Å². The molecule has 0 aromatic heterocycles. The zero-order chi connectivity index (χ0) is 13.4. The van der Waals surface area contributed by atoms with Crippen LogP contribution in [0.15, 0.2) is 18.2 Å². The van der Waals surface area contributed by atoms with Crippen molar-refractivity contribution in [3.05, 3.63) is 29.3 Å². The molecule has 0 saturated carbocycles. The molecule has 1 unspecified atom stereocenters. The molecule has 94 valence electrons. The summed E-state index contributed by atoms with van der Waals surface area (Å²) in [5, 5.41) is 4.84. The Morgan fingerprint density at radius 1 is 1.35 bits per heavy atom. The van der Waals surface area contributed by atoms with Crippen molar-refractivity contribution in [1.82, 2.24) is 0 Å². The predicted octanol–water partition coefficient (Wildman–Crippen LogP) is 1.72. The van der Waals surface area contributed by atoms with Crippen LogP contribution in [0.5, 0.6) is 0 Å². The van der Waals surface area contributed by atoms with E-state index in [0.29, 0.717) is 6.07 Å². The first-order valence-corrected chi connectivity index (χ1v) is 4.63. The minimum atomic E-state index is -3.68. The summed E-state index contributed by atoms with van der Waals surface area (Å²) in [6, 6.07) is 2.18. The fourth-order valence-corrected chi connectivity index (χ4v) is 1.30. The van der Waals surface area contributed by atoms with Crippen molar-refractivity contribution in [2.45, 2.75) is 11.2 Å². The lowest BCUT2D eigenvalue weighted by Crippen LogP contribution is -2.40. The molecule has 0 aliphatic carbocycles. The van der Waals surface area contributed by atoms with E-state index in [-0.39, 0.29) is 0 Å². The standard InChI is InChI=1S/C9H8ClF3N2O2/c10-9(12,13)4-1-2-5(6(14)3-4)8(11,15)7(16)17/h1-3H,14-15H2,(H,16,17). The number of hydrogen-bond acceptors (Lipinski definition) is 3. The van der Waals surface area contributed by atoms with E-state index in [2.05, 4.69) is 0 Å². The average molecular weight is 269 g/mol. The van der Waals surface area contributed by atoms with E-state index in [9.17, 15) is 18.0 Å². The Hall–Kier alpha value is -1.47. The van der Waals surface area contributed by atoms with Crippen LogP contribution in [0.25, 0.3) is 0 Å². The summed E-state index contributed by atoms with van der Waals surface area (Å²) < 4.78 is 38.9. The third kappa shape index (κ3) is 2.62. The molecule has 0 fully saturated rings. The number of alkyl halides is 4. The Morgan fingerprint density at radius 2 is 1.88 bits per heavy atom. The third-order valence-corrected chi connectivity index (χ3v) is 2.30.